The average molecular weight is 626 g/mol. The number of anilines is 3. The van der Waals surface area contributed by atoms with Crippen molar-refractivity contribution in [2.75, 3.05) is 76.9 Å². The highest BCUT2D eigenvalue weighted by atomic mass is 16.5. The summed E-state index contributed by atoms with van der Waals surface area (Å²) in [6.07, 6.45) is 3.77. The minimum atomic E-state index is -0.680. The van der Waals surface area contributed by atoms with Crippen molar-refractivity contribution in [1.82, 2.24) is 24.3 Å². The zero-order valence-electron chi connectivity index (χ0n) is 26.7. The Hall–Kier alpha value is -4.26. The molecule has 242 valence electrons. The molecule has 0 aliphatic carbocycles. The second kappa shape index (κ2) is 12.9. The van der Waals surface area contributed by atoms with Crippen LogP contribution in [-0.4, -0.2) is 103 Å². The lowest BCUT2D eigenvalue weighted by Gasteiger charge is -2.42. The summed E-state index contributed by atoms with van der Waals surface area (Å²) in [6, 6.07) is 14.3. The number of nitrogens with one attached hydrogen (secondary N) is 2. The van der Waals surface area contributed by atoms with Gasteiger partial charge in [-0.1, -0.05) is 24.3 Å². The number of ether oxygens (including phenoxy) is 2. The van der Waals surface area contributed by atoms with Gasteiger partial charge < -0.3 is 34.9 Å². The molecule has 0 atom stereocenters. The molecule has 2 aromatic heterocycles. The Morgan fingerprint density at radius 1 is 0.957 bits per heavy atom. The molecule has 3 fully saturated rings. The number of nitrogens with zero attached hydrogens (tertiary/aromatic N) is 6. The third-order valence-electron chi connectivity index (χ3n) is 9.88. The highest BCUT2D eigenvalue weighted by molar-refractivity contribution is 6.05. The van der Waals surface area contributed by atoms with E-state index in [2.05, 4.69) is 33.1 Å². The lowest BCUT2D eigenvalue weighted by Crippen LogP contribution is -2.52. The number of primary amides is 1. The van der Waals surface area contributed by atoms with E-state index in [-0.39, 0.29) is 17.6 Å². The average Bonchev–Trinajstić information content (AvgIpc) is 3.09. The Morgan fingerprint density at radius 2 is 1.67 bits per heavy atom. The van der Waals surface area contributed by atoms with Crippen LogP contribution in [-0.2, 0) is 4.74 Å². The van der Waals surface area contributed by atoms with Crippen LogP contribution in [0.3, 0.4) is 0 Å². The minimum Gasteiger partial charge on any atom is -0.495 e. The number of piperidine rings is 1. The van der Waals surface area contributed by atoms with E-state index >= 15 is 0 Å². The molecular formula is C34H43N9O3. The van der Waals surface area contributed by atoms with Gasteiger partial charge in [0.15, 0.2) is 17.2 Å². The van der Waals surface area contributed by atoms with Crippen molar-refractivity contribution < 1.29 is 14.3 Å². The van der Waals surface area contributed by atoms with E-state index in [9.17, 15) is 4.79 Å². The molecule has 12 heteroatoms. The second-order valence-corrected chi connectivity index (χ2v) is 12.6. The van der Waals surface area contributed by atoms with Crippen LogP contribution in [0.15, 0.2) is 42.5 Å². The van der Waals surface area contributed by atoms with Crippen LogP contribution in [0.1, 0.15) is 42.2 Å². The van der Waals surface area contributed by atoms with E-state index in [0.717, 1.165) is 87.2 Å². The molecule has 0 bridgehead atoms. The van der Waals surface area contributed by atoms with Gasteiger partial charge in [-0.2, -0.15) is 0 Å². The Morgan fingerprint density at radius 3 is 2.37 bits per heavy atom. The summed E-state index contributed by atoms with van der Waals surface area (Å²) in [4.78, 5) is 30.0. The van der Waals surface area contributed by atoms with Crippen molar-refractivity contribution >= 4 is 45.0 Å². The number of benzene rings is 2. The summed E-state index contributed by atoms with van der Waals surface area (Å²) in [5.41, 5.74) is 9.13. The number of carbonyl (C=O) groups excluding carboxylic acids is 1. The highest BCUT2D eigenvalue weighted by Gasteiger charge is 2.28. The maximum Gasteiger partial charge on any atom is 0.271 e. The van der Waals surface area contributed by atoms with E-state index in [0.29, 0.717) is 41.6 Å². The van der Waals surface area contributed by atoms with E-state index in [1.54, 1.807) is 7.11 Å². The predicted octanol–water partition coefficient (Wildman–Crippen LogP) is 3.48. The number of carbonyl (C=O) groups is 1. The second-order valence-electron chi connectivity index (χ2n) is 12.6. The van der Waals surface area contributed by atoms with Crippen LogP contribution in [0, 0.1) is 5.41 Å². The molecular weight excluding hydrogens is 582 g/mol. The molecule has 5 heterocycles. The number of piperazine rings is 1. The smallest absolute Gasteiger partial charge is 0.271 e. The van der Waals surface area contributed by atoms with Crippen LogP contribution in [0.2, 0.25) is 0 Å². The Balaban J connectivity index is 1.20. The van der Waals surface area contributed by atoms with Gasteiger partial charge in [-0.15, -0.1) is 0 Å². The molecule has 4 N–H and O–H groups in total. The van der Waals surface area contributed by atoms with E-state index in [1.165, 1.54) is 0 Å². The molecule has 46 heavy (non-hydrogen) atoms. The molecule has 7 rings (SSSR count). The first-order valence-electron chi connectivity index (χ1n) is 16.3. The SMILES string of the molecule is COc1cc(Nc2nc3c(nc2C(N)=O)c2ccccc2c(=N)n3C2CCOCC2)ccc1N1CCC(N2CCN(C)CC2)CC1. The van der Waals surface area contributed by atoms with Gasteiger partial charge in [-0.3, -0.25) is 15.1 Å². The van der Waals surface area contributed by atoms with Crippen molar-refractivity contribution in [2.45, 2.75) is 37.8 Å². The van der Waals surface area contributed by atoms with Crippen molar-refractivity contribution in [3.05, 3.63) is 53.6 Å². The highest BCUT2D eigenvalue weighted by Crippen LogP contribution is 2.36. The number of pyridine rings is 1. The molecule has 0 radical (unpaired) electrons. The Labute approximate surface area is 268 Å². The topological polar surface area (TPSA) is 138 Å². The Bertz CT molecular complexity index is 1800. The summed E-state index contributed by atoms with van der Waals surface area (Å²) in [5.74, 6) is 0.313. The normalized spacial score (nSPS) is 19.1. The number of nitrogens with two attached hydrogens (primary N) is 1. The van der Waals surface area contributed by atoms with E-state index in [4.69, 9.17) is 30.6 Å². The maximum atomic E-state index is 12.8. The lowest BCUT2D eigenvalue weighted by atomic mass is 10.0. The largest absolute Gasteiger partial charge is 0.495 e. The van der Waals surface area contributed by atoms with Gasteiger partial charge in [0, 0.05) is 87.1 Å². The van der Waals surface area contributed by atoms with Crippen molar-refractivity contribution in [2.24, 2.45) is 5.73 Å². The summed E-state index contributed by atoms with van der Waals surface area (Å²) in [6.45, 7) is 7.73. The fourth-order valence-corrected chi connectivity index (χ4v) is 7.28. The number of aromatic nitrogens is 3. The molecule has 0 unspecified atom stereocenters. The molecule has 0 spiro atoms. The molecule has 12 nitrogen and oxygen atoms in total. The number of fused-ring (bicyclic) bond motifs is 3. The Kier molecular flexibility index (Phi) is 8.50. The first-order valence-corrected chi connectivity index (χ1v) is 16.3. The number of hydrogen-bond acceptors (Lipinski definition) is 10. The monoisotopic (exact) mass is 625 g/mol. The number of amides is 1. The van der Waals surface area contributed by atoms with Gasteiger partial charge >= 0.3 is 0 Å². The molecule has 1 amide bonds. The molecule has 4 aromatic rings. The third-order valence-corrected chi connectivity index (χ3v) is 9.88. The lowest BCUT2D eigenvalue weighted by molar-refractivity contribution is 0.0695. The standard InChI is InChI=1S/C34H43N9O3/c1-40-15-17-41(18-16-40)23-9-13-42(14-10-23)27-8-7-22(21-28(27)45-2)37-33-30(32(36)44)38-29-25-5-3-4-6-26(25)31(35)43(34(29)39-33)24-11-19-46-20-12-24/h3-8,21,23-24,35H,9-20H2,1-2H3,(H2,36,44)(H,37,39). The van der Waals surface area contributed by atoms with Crippen LogP contribution < -0.4 is 26.2 Å². The van der Waals surface area contributed by atoms with Gasteiger partial charge in [-0.25, -0.2) is 9.97 Å². The zero-order chi connectivity index (χ0) is 31.8. The van der Waals surface area contributed by atoms with Gasteiger partial charge in [0.2, 0.25) is 0 Å². The minimum absolute atomic E-state index is 0.0229. The molecule has 2 aromatic carbocycles. The number of hydrogen-bond donors (Lipinski definition) is 3. The molecule has 0 saturated carbocycles. The van der Waals surface area contributed by atoms with Crippen LogP contribution in [0.25, 0.3) is 21.9 Å². The molecule has 3 aliphatic heterocycles. The quantitative estimate of drug-likeness (QED) is 0.264. The van der Waals surface area contributed by atoms with Crippen LogP contribution >= 0.6 is 0 Å². The fourth-order valence-electron chi connectivity index (χ4n) is 7.28. The van der Waals surface area contributed by atoms with E-state index in [1.807, 2.05) is 41.0 Å². The fraction of sp³-hybridized carbons (Fsp3) is 0.471. The van der Waals surface area contributed by atoms with Gasteiger partial charge in [0.1, 0.15) is 16.8 Å². The van der Waals surface area contributed by atoms with Gasteiger partial charge in [-0.05, 0) is 44.9 Å². The van der Waals surface area contributed by atoms with E-state index < -0.39 is 5.91 Å². The summed E-state index contributed by atoms with van der Waals surface area (Å²) < 4.78 is 13.4. The summed E-state index contributed by atoms with van der Waals surface area (Å²) >= 11 is 0. The molecule has 3 aliphatic rings. The third kappa shape index (κ3) is 5.76. The first kappa shape index (κ1) is 30.4. The van der Waals surface area contributed by atoms with Crippen molar-refractivity contribution in [3.63, 3.8) is 0 Å². The number of methoxy groups -OCH3 is 1. The van der Waals surface area contributed by atoms with Gasteiger partial charge in [0.25, 0.3) is 5.91 Å². The van der Waals surface area contributed by atoms with Crippen LogP contribution in [0.4, 0.5) is 17.2 Å². The zero-order valence-corrected chi connectivity index (χ0v) is 26.7. The van der Waals surface area contributed by atoms with Gasteiger partial charge in [0.05, 0.1) is 12.8 Å². The molecule has 3 saturated heterocycles. The summed E-state index contributed by atoms with van der Waals surface area (Å²) in [5, 5.41) is 14.0. The van der Waals surface area contributed by atoms with Crippen molar-refractivity contribution in [1.29, 1.82) is 5.41 Å². The summed E-state index contributed by atoms with van der Waals surface area (Å²) in [7, 11) is 3.88. The predicted molar refractivity (Wildman–Crippen MR) is 179 cm³/mol. The number of rotatable bonds is 7. The number of likely N-dealkylation sites (N-methyl/N-ethyl adjacent to an activating group) is 1. The van der Waals surface area contributed by atoms with Crippen molar-refractivity contribution in [3.8, 4) is 5.75 Å². The first-order chi connectivity index (χ1) is 22.4. The van der Waals surface area contributed by atoms with Crippen LogP contribution in [0.5, 0.6) is 5.75 Å². The maximum absolute atomic E-state index is 12.8.